The molecule has 4 nitrogen and oxygen atoms in total. The Kier molecular flexibility index (Phi) is 4.90. The first-order chi connectivity index (χ1) is 8.02. The molecule has 0 aromatic heterocycles. The van der Waals surface area contributed by atoms with Crippen molar-refractivity contribution < 1.29 is 14.3 Å². The molecule has 0 atom stereocenters. The van der Waals surface area contributed by atoms with Gasteiger partial charge in [0.05, 0.1) is 0 Å². The van der Waals surface area contributed by atoms with E-state index in [0.29, 0.717) is 25.1 Å². The van der Waals surface area contributed by atoms with Gasteiger partial charge >= 0.3 is 0 Å². The Bertz CT molecular complexity index is 394. The number of para-hydroxylation sites is 1. The van der Waals surface area contributed by atoms with Gasteiger partial charge in [-0.3, -0.25) is 4.79 Å². The topological polar surface area (TPSA) is 52.6 Å². The molecule has 94 valence electrons. The number of nitrogens with zero attached hydrogens (tertiary/aromatic N) is 1. The van der Waals surface area contributed by atoms with Crippen molar-refractivity contribution in [2.75, 3.05) is 20.6 Å². The van der Waals surface area contributed by atoms with E-state index < -0.39 is 5.82 Å². The lowest BCUT2D eigenvalue weighted by atomic mass is 10.2. The average molecular weight is 240 g/mol. The maximum Gasteiger partial charge on any atom is 0.223 e. The Morgan fingerprint density at radius 1 is 1.47 bits per heavy atom. The third-order valence-electron chi connectivity index (χ3n) is 2.40. The quantitative estimate of drug-likeness (QED) is 0.758. The molecule has 1 rings (SSSR count). The van der Waals surface area contributed by atoms with E-state index in [2.05, 4.69) is 5.32 Å². The first kappa shape index (κ1) is 13.4. The molecular weight excluding hydrogens is 223 g/mol. The predicted octanol–water partition coefficient (Wildman–Crippen LogP) is 1.10. The molecule has 0 saturated carbocycles. The highest BCUT2D eigenvalue weighted by atomic mass is 19.1. The van der Waals surface area contributed by atoms with Crippen LogP contribution in [0.2, 0.25) is 0 Å². The minimum absolute atomic E-state index is 0.0287. The molecule has 0 fully saturated rings. The van der Waals surface area contributed by atoms with E-state index in [9.17, 15) is 14.3 Å². The largest absolute Gasteiger partial charge is 0.505 e. The smallest absolute Gasteiger partial charge is 0.223 e. The fraction of sp³-hybridized carbons (Fsp3) is 0.417. The summed E-state index contributed by atoms with van der Waals surface area (Å²) in [5, 5.41) is 12.4. The van der Waals surface area contributed by atoms with Crippen LogP contribution in [-0.2, 0) is 11.3 Å². The summed E-state index contributed by atoms with van der Waals surface area (Å²) in [5.41, 5.74) is 0.488. The van der Waals surface area contributed by atoms with E-state index in [1.165, 1.54) is 17.0 Å². The lowest BCUT2D eigenvalue weighted by Gasteiger charge is -2.11. The van der Waals surface area contributed by atoms with Crippen LogP contribution in [0.1, 0.15) is 12.0 Å². The van der Waals surface area contributed by atoms with Crippen LogP contribution < -0.4 is 5.32 Å². The summed E-state index contributed by atoms with van der Waals surface area (Å²) >= 11 is 0. The molecule has 0 bridgehead atoms. The van der Waals surface area contributed by atoms with Crippen LogP contribution in [0.3, 0.4) is 0 Å². The average Bonchev–Trinajstić information content (AvgIpc) is 2.29. The number of rotatable bonds is 5. The zero-order chi connectivity index (χ0) is 12.8. The number of nitrogens with one attached hydrogen (secondary N) is 1. The summed E-state index contributed by atoms with van der Waals surface area (Å²) in [7, 11) is 3.39. The maximum atomic E-state index is 13.0. The summed E-state index contributed by atoms with van der Waals surface area (Å²) in [5.74, 6) is -0.937. The molecule has 0 aliphatic heterocycles. The minimum atomic E-state index is -0.631. The molecule has 0 spiro atoms. The monoisotopic (exact) mass is 240 g/mol. The van der Waals surface area contributed by atoms with Gasteiger partial charge in [-0.25, -0.2) is 4.39 Å². The van der Waals surface area contributed by atoms with Crippen LogP contribution in [0.25, 0.3) is 0 Å². The molecular formula is C12H17FN2O2. The van der Waals surface area contributed by atoms with Crippen molar-refractivity contribution in [2.45, 2.75) is 13.0 Å². The number of amides is 1. The van der Waals surface area contributed by atoms with Crippen LogP contribution in [0.5, 0.6) is 5.75 Å². The van der Waals surface area contributed by atoms with Crippen molar-refractivity contribution in [3.8, 4) is 5.75 Å². The van der Waals surface area contributed by atoms with E-state index in [-0.39, 0.29) is 11.7 Å². The molecule has 1 amide bonds. The molecule has 0 unspecified atom stereocenters. The summed E-state index contributed by atoms with van der Waals surface area (Å²) < 4.78 is 13.0. The molecule has 0 heterocycles. The van der Waals surface area contributed by atoms with Gasteiger partial charge in [-0.2, -0.15) is 0 Å². The molecule has 1 aromatic rings. The summed E-state index contributed by atoms with van der Waals surface area (Å²) in [6, 6.07) is 4.38. The van der Waals surface area contributed by atoms with Crippen LogP contribution >= 0.6 is 0 Å². The van der Waals surface area contributed by atoms with Crippen molar-refractivity contribution in [1.82, 2.24) is 10.2 Å². The first-order valence-electron chi connectivity index (χ1n) is 5.39. The van der Waals surface area contributed by atoms with Gasteiger partial charge in [-0.05, 0) is 6.07 Å². The number of aromatic hydroxyl groups is 1. The van der Waals surface area contributed by atoms with E-state index in [1.54, 1.807) is 20.2 Å². The van der Waals surface area contributed by atoms with Gasteiger partial charge in [0, 0.05) is 39.2 Å². The minimum Gasteiger partial charge on any atom is -0.505 e. The zero-order valence-corrected chi connectivity index (χ0v) is 10.0. The highest BCUT2D eigenvalue weighted by molar-refractivity contribution is 5.75. The standard InChI is InChI=1S/C12H17FN2O2/c1-15(2)11(16)6-7-14-8-9-4-3-5-10(13)12(9)17/h3-5,14,17H,6-8H2,1-2H3. The third-order valence-corrected chi connectivity index (χ3v) is 2.40. The normalized spacial score (nSPS) is 10.3. The summed E-state index contributed by atoms with van der Waals surface area (Å²) in [6.07, 6.45) is 0.378. The van der Waals surface area contributed by atoms with Gasteiger partial charge < -0.3 is 15.3 Å². The van der Waals surface area contributed by atoms with Crippen molar-refractivity contribution >= 4 is 5.91 Å². The molecule has 0 aliphatic carbocycles. The highest BCUT2D eigenvalue weighted by Gasteiger charge is 2.06. The van der Waals surface area contributed by atoms with Crippen LogP contribution in [0.4, 0.5) is 4.39 Å². The molecule has 0 radical (unpaired) electrons. The van der Waals surface area contributed by atoms with Gasteiger partial charge in [0.25, 0.3) is 0 Å². The van der Waals surface area contributed by atoms with Gasteiger partial charge in [0.2, 0.25) is 5.91 Å². The molecule has 17 heavy (non-hydrogen) atoms. The number of phenols is 1. The second-order valence-electron chi connectivity index (χ2n) is 3.96. The van der Waals surface area contributed by atoms with Crippen LogP contribution in [0.15, 0.2) is 18.2 Å². The Balaban J connectivity index is 2.36. The molecule has 0 aliphatic rings. The first-order valence-corrected chi connectivity index (χ1v) is 5.39. The number of benzene rings is 1. The molecule has 0 saturated heterocycles. The van der Waals surface area contributed by atoms with E-state index in [4.69, 9.17) is 0 Å². The van der Waals surface area contributed by atoms with Crippen molar-refractivity contribution in [2.24, 2.45) is 0 Å². The fourth-order valence-electron chi connectivity index (χ4n) is 1.34. The Morgan fingerprint density at radius 2 is 2.18 bits per heavy atom. The Labute approximate surface area is 100 Å². The fourth-order valence-corrected chi connectivity index (χ4v) is 1.34. The van der Waals surface area contributed by atoms with E-state index in [0.717, 1.165) is 0 Å². The Morgan fingerprint density at radius 3 is 2.82 bits per heavy atom. The van der Waals surface area contributed by atoms with Crippen LogP contribution in [-0.4, -0.2) is 36.6 Å². The van der Waals surface area contributed by atoms with Crippen molar-refractivity contribution in [3.63, 3.8) is 0 Å². The molecule has 5 heteroatoms. The van der Waals surface area contributed by atoms with Gasteiger partial charge in [0.1, 0.15) is 0 Å². The second-order valence-corrected chi connectivity index (χ2v) is 3.96. The maximum absolute atomic E-state index is 13.0. The lowest BCUT2D eigenvalue weighted by molar-refractivity contribution is -0.128. The highest BCUT2D eigenvalue weighted by Crippen LogP contribution is 2.20. The summed E-state index contributed by atoms with van der Waals surface area (Å²) in [6.45, 7) is 0.831. The van der Waals surface area contributed by atoms with Gasteiger partial charge in [-0.15, -0.1) is 0 Å². The lowest BCUT2D eigenvalue weighted by Crippen LogP contribution is -2.26. The van der Waals surface area contributed by atoms with E-state index >= 15 is 0 Å². The zero-order valence-electron chi connectivity index (χ0n) is 10.0. The van der Waals surface area contributed by atoms with E-state index in [1.807, 2.05) is 0 Å². The number of hydrogen-bond acceptors (Lipinski definition) is 3. The molecule has 1 aromatic carbocycles. The van der Waals surface area contributed by atoms with Crippen molar-refractivity contribution in [3.05, 3.63) is 29.6 Å². The molecule has 2 N–H and O–H groups in total. The number of carbonyl (C=O) groups is 1. The number of carbonyl (C=O) groups excluding carboxylic acids is 1. The predicted molar refractivity (Wildman–Crippen MR) is 63.1 cm³/mol. The number of phenolic OH excluding ortho intramolecular Hbond substituents is 1. The van der Waals surface area contributed by atoms with Crippen molar-refractivity contribution in [1.29, 1.82) is 0 Å². The third kappa shape index (κ3) is 4.03. The SMILES string of the molecule is CN(C)C(=O)CCNCc1cccc(F)c1O. The van der Waals surface area contributed by atoms with Gasteiger partial charge in [-0.1, -0.05) is 12.1 Å². The number of halogens is 1. The number of hydrogen-bond donors (Lipinski definition) is 2. The van der Waals surface area contributed by atoms with Gasteiger partial charge in [0.15, 0.2) is 11.6 Å². The Hall–Kier alpha value is -1.62. The second kappa shape index (κ2) is 6.20. The summed E-state index contributed by atoms with van der Waals surface area (Å²) in [4.78, 5) is 12.8. The van der Waals surface area contributed by atoms with Crippen LogP contribution in [0, 0.1) is 5.82 Å².